The molecule has 0 aromatic heterocycles. The summed E-state index contributed by atoms with van der Waals surface area (Å²) in [4.78, 5) is 22.5. The van der Waals surface area contributed by atoms with Gasteiger partial charge in [0.2, 0.25) is 10.0 Å². The number of carboxylic acids is 1. The first-order chi connectivity index (χ1) is 22.0. The molecule has 0 bridgehead atoms. The fraction of sp³-hybridized carbons (Fsp3) is 0.412. The Bertz CT molecular complexity index is 1720. The van der Waals surface area contributed by atoms with Gasteiger partial charge in [0.25, 0.3) is 5.91 Å². The summed E-state index contributed by atoms with van der Waals surface area (Å²) >= 11 is 0. The molecule has 0 atom stereocenters. The Labute approximate surface area is 274 Å². The number of anilines is 1. The average molecular weight is 673 g/mol. The van der Waals surface area contributed by atoms with Gasteiger partial charge < -0.3 is 29.4 Å². The topological polar surface area (TPSA) is 149 Å². The van der Waals surface area contributed by atoms with E-state index < -0.39 is 21.8 Å². The molecule has 5 rings (SSSR count). The largest absolute Gasteiger partial charge is 0.493 e. The maximum atomic E-state index is 14.0. The Kier molecular flexibility index (Phi) is 10.9. The molecule has 0 spiro atoms. The SMILES string of the molecule is CC1(C)CCOc2cc(OCC(=O)NCc3ccc(NS(C)(=O)=O)c(F)c3)ccc21.CC1(C)CCOc2cc(OCC(=O)O)ccc21. The Morgan fingerprint density at radius 3 is 1.87 bits per heavy atom. The zero-order valence-electron chi connectivity index (χ0n) is 27.1. The van der Waals surface area contributed by atoms with Crippen molar-refractivity contribution in [3.05, 3.63) is 77.1 Å². The fourth-order valence-electron chi connectivity index (χ4n) is 5.14. The van der Waals surface area contributed by atoms with Crippen LogP contribution in [0.25, 0.3) is 0 Å². The molecule has 0 aliphatic carbocycles. The Morgan fingerprint density at radius 2 is 1.38 bits per heavy atom. The minimum absolute atomic E-state index is 0.0329. The molecule has 2 heterocycles. The summed E-state index contributed by atoms with van der Waals surface area (Å²) < 4.78 is 60.4. The van der Waals surface area contributed by atoms with Crippen molar-refractivity contribution in [3.63, 3.8) is 0 Å². The van der Waals surface area contributed by atoms with Crippen LogP contribution in [0.5, 0.6) is 23.0 Å². The molecular formula is C34H41FN2O9S. The van der Waals surface area contributed by atoms with Crippen molar-refractivity contribution in [1.82, 2.24) is 5.32 Å². The molecule has 47 heavy (non-hydrogen) atoms. The third kappa shape index (κ3) is 9.98. The Morgan fingerprint density at radius 1 is 0.851 bits per heavy atom. The fourth-order valence-corrected chi connectivity index (χ4v) is 5.71. The van der Waals surface area contributed by atoms with Crippen LogP contribution in [0.2, 0.25) is 0 Å². The molecule has 254 valence electrons. The summed E-state index contributed by atoms with van der Waals surface area (Å²) in [6, 6.07) is 15.1. The van der Waals surface area contributed by atoms with E-state index in [1.54, 1.807) is 18.2 Å². The molecule has 1 amide bonds. The second kappa shape index (κ2) is 14.5. The molecule has 2 aliphatic rings. The van der Waals surface area contributed by atoms with E-state index in [0.29, 0.717) is 30.3 Å². The highest BCUT2D eigenvalue weighted by Crippen LogP contribution is 2.41. The molecule has 0 fully saturated rings. The lowest BCUT2D eigenvalue weighted by molar-refractivity contribution is -0.139. The van der Waals surface area contributed by atoms with E-state index in [0.717, 1.165) is 47.8 Å². The molecule has 2 aliphatic heterocycles. The number of benzene rings is 3. The van der Waals surface area contributed by atoms with Crippen molar-refractivity contribution in [1.29, 1.82) is 0 Å². The highest BCUT2D eigenvalue weighted by Gasteiger charge is 2.30. The van der Waals surface area contributed by atoms with E-state index >= 15 is 0 Å². The third-order valence-corrected chi connectivity index (χ3v) is 8.48. The van der Waals surface area contributed by atoms with Gasteiger partial charge in [-0.25, -0.2) is 17.6 Å². The van der Waals surface area contributed by atoms with Crippen LogP contribution in [0.1, 0.15) is 57.2 Å². The Hall–Kier alpha value is -4.52. The van der Waals surface area contributed by atoms with Crippen LogP contribution in [-0.4, -0.2) is 58.1 Å². The van der Waals surface area contributed by atoms with E-state index in [1.165, 1.54) is 12.1 Å². The van der Waals surface area contributed by atoms with Gasteiger partial charge in [-0.1, -0.05) is 45.9 Å². The number of sulfonamides is 1. The number of hydrogen-bond acceptors (Lipinski definition) is 8. The van der Waals surface area contributed by atoms with Crippen LogP contribution in [0.4, 0.5) is 10.1 Å². The molecule has 0 saturated heterocycles. The number of ether oxygens (including phenoxy) is 4. The summed E-state index contributed by atoms with van der Waals surface area (Å²) in [6.07, 6.45) is 2.86. The van der Waals surface area contributed by atoms with E-state index in [2.05, 4.69) is 37.7 Å². The van der Waals surface area contributed by atoms with Crippen molar-refractivity contribution in [2.24, 2.45) is 0 Å². The number of carbonyl (C=O) groups excluding carboxylic acids is 1. The maximum absolute atomic E-state index is 14.0. The van der Waals surface area contributed by atoms with Gasteiger partial charge in [0.1, 0.15) is 28.8 Å². The second-order valence-electron chi connectivity index (χ2n) is 12.7. The first kappa shape index (κ1) is 35.3. The molecule has 3 aromatic carbocycles. The van der Waals surface area contributed by atoms with Crippen LogP contribution in [0.15, 0.2) is 54.6 Å². The van der Waals surface area contributed by atoms with Crippen molar-refractivity contribution < 1.29 is 46.5 Å². The van der Waals surface area contributed by atoms with E-state index in [9.17, 15) is 22.4 Å². The van der Waals surface area contributed by atoms with Crippen LogP contribution < -0.4 is 29.0 Å². The lowest BCUT2D eigenvalue weighted by Crippen LogP contribution is -2.29. The van der Waals surface area contributed by atoms with Crippen LogP contribution in [0, 0.1) is 5.82 Å². The second-order valence-corrected chi connectivity index (χ2v) is 14.5. The zero-order chi connectivity index (χ0) is 34.4. The number of fused-ring (bicyclic) bond motifs is 2. The lowest BCUT2D eigenvalue weighted by Gasteiger charge is -2.32. The van der Waals surface area contributed by atoms with Crippen molar-refractivity contribution in [3.8, 4) is 23.0 Å². The van der Waals surface area contributed by atoms with Gasteiger partial charge in [-0.15, -0.1) is 0 Å². The quantitative estimate of drug-likeness (QED) is 0.265. The van der Waals surface area contributed by atoms with Crippen LogP contribution >= 0.6 is 0 Å². The summed E-state index contributed by atoms with van der Waals surface area (Å²) in [5, 5.41) is 11.2. The standard InChI is InChI=1S/C21H25FN2O5S.C13H16O4/c1-21(2)8-9-28-19-11-15(5-6-16(19)21)29-13-20(25)23-12-14-4-7-18(17(22)10-14)24-30(3,26)27;1-13(2)5-6-16-11-7-9(3-4-10(11)13)17-8-12(14)15/h4-7,10-11,24H,8-9,12-13H2,1-3H3,(H,23,25);3-4,7H,5-6,8H2,1-2H3,(H,14,15). The predicted octanol–water partition coefficient (Wildman–Crippen LogP) is 5.16. The first-order valence-corrected chi connectivity index (χ1v) is 17.0. The van der Waals surface area contributed by atoms with Gasteiger partial charge in [-0.2, -0.15) is 0 Å². The summed E-state index contributed by atoms with van der Waals surface area (Å²) in [5.41, 5.74) is 2.73. The smallest absolute Gasteiger partial charge is 0.341 e. The third-order valence-electron chi connectivity index (χ3n) is 7.88. The minimum atomic E-state index is -3.57. The molecule has 11 nitrogen and oxygen atoms in total. The normalized spacial score (nSPS) is 15.6. The highest BCUT2D eigenvalue weighted by atomic mass is 32.2. The summed E-state index contributed by atoms with van der Waals surface area (Å²) in [6.45, 7) is 9.55. The number of hydrogen-bond donors (Lipinski definition) is 3. The number of aliphatic carboxylic acids is 1. The molecule has 3 aromatic rings. The van der Waals surface area contributed by atoms with Gasteiger partial charge in [0, 0.05) is 29.8 Å². The lowest BCUT2D eigenvalue weighted by atomic mass is 9.80. The molecular weight excluding hydrogens is 631 g/mol. The van der Waals surface area contributed by atoms with Crippen molar-refractivity contribution in [2.75, 3.05) is 37.4 Å². The maximum Gasteiger partial charge on any atom is 0.341 e. The zero-order valence-corrected chi connectivity index (χ0v) is 28.0. The van der Waals surface area contributed by atoms with Crippen molar-refractivity contribution >= 4 is 27.6 Å². The summed E-state index contributed by atoms with van der Waals surface area (Å²) in [5.74, 6) is 0.552. The number of halogens is 1. The van der Waals surface area contributed by atoms with E-state index in [1.807, 2.05) is 18.2 Å². The van der Waals surface area contributed by atoms with Crippen LogP contribution in [0.3, 0.4) is 0 Å². The van der Waals surface area contributed by atoms with Crippen molar-refractivity contribution in [2.45, 2.75) is 57.9 Å². The number of nitrogens with one attached hydrogen (secondary N) is 2. The Balaban J connectivity index is 0.000000248. The van der Waals surface area contributed by atoms with E-state index in [-0.39, 0.29) is 42.2 Å². The van der Waals surface area contributed by atoms with Gasteiger partial charge in [0.05, 0.1) is 25.2 Å². The van der Waals surface area contributed by atoms with Gasteiger partial charge >= 0.3 is 5.97 Å². The van der Waals surface area contributed by atoms with Gasteiger partial charge in [-0.05, 0) is 53.5 Å². The minimum Gasteiger partial charge on any atom is -0.493 e. The predicted molar refractivity (Wildman–Crippen MR) is 174 cm³/mol. The molecule has 0 saturated carbocycles. The monoisotopic (exact) mass is 672 g/mol. The van der Waals surface area contributed by atoms with E-state index in [4.69, 9.17) is 24.1 Å². The number of carbonyl (C=O) groups is 2. The highest BCUT2D eigenvalue weighted by molar-refractivity contribution is 7.92. The molecule has 3 N–H and O–H groups in total. The average Bonchev–Trinajstić information content (AvgIpc) is 2.98. The van der Waals surface area contributed by atoms with Crippen LogP contribution in [-0.2, 0) is 37.0 Å². The summed E-state index contributed by atoms with van der Waals surface area (Å²) in [7, 11) is -3.57. The van der Waals surface area contributed by atoms with Gasteiger partial charge in [-0.3, -0.25) is 9.52 Å². The first-order valence-electron chi connectivity index (χ1n) is 15.1. The number of amides is 1. The molecule has 13 heteroatoms. The number of rotatable bonds is 10. The molecule has 0 radical (unpaired) electrons. The molecule has 0 unspecified atom stereocenters. The van der Waals surface area contributed by atoms with Gasteiger partial charge in [0.15, 0.2) is 13.2 Å². The number of carboxylic acid groups (broad SMARTS) is 1.